The molecule has 0 saturated heterocycles. The Morgan fingerprint density at radius 1 is 1.50 bits per heavy atom. The van der Waals surface area contributed by atoms with E-state index in [1.165, 1.54) is 7.11 Å². The second-order valence-corrected chi connectivity index (χ2v) is 3.79. The first-order valence-corrected chi connectivity index (χ1v) is 5.64. The average molecular weight is 250 g/mol. The van der Waals surface area contributed by atoms with Crippen molar-refractivity contribution < 1.29 is 14.3 Å². The number of rotatable bonds is 5. The van der Waals surface area contributed by atoms with Crippen LogP contribution in [-0.4, -0.2) is 43.7 Å². The SMILES string of the molecule is CCOC(=O)C(=CN(C)C)c1cccnc1OC. The molecule has 1 aromatic heterocycles. The zero-order valence-electron chi connectivity index (χ0n) is 11.1. The van der Waals surface area contributed by atoms with Crippen LogP contribution in [-0.2, 0) is 9.53 Å². The maximum atomic E-state index is 11.9. The lowest BCUT2D eigenvalue weighted by Crippen LogP contribution is -2.12. The van der Waals surface area contributed by atoms with Crippen LogP contribution in [0, 0.1) is 0 Å². The molecule has 0 aromatic carbocycles. The molecule has 0 unspecified atom stereocenters. The van der Waals surface area contributed by atoms with Crippen molar-refractivity contribution in [3.8, 4) is 5.88 Å². The summed E-state index contributed by atoms with van der Waals surface area (Å²) in [4.78, 5) is 17.8. The number of hydrogen-bond acceptors (Lipinski definition) is 5. The maximum Gasteiger partial charge on any atom is 0.340 e. The fourth-order valence-electron chi connectivity index (χ4n) is 1.46. The molecule has 0 bridgehead atoms. The predicted octanol–water partition coefficient (Wildman–Crippen LogP) is 1.56. The van der Waals surface area contributed by atoms with Gasteiger partial charge in [-0.3, -0.25) is 0 Å². The van der Waals surface area contributed by atoms with Gasteiger partial charge in [-0.05, 0) is 19.1 Å². The van der Waals surface area contributed by atoms with Crippen LogP contribution < -0.4 is 4.74 Å². The normalized spacial score (nSPS) is 11.0. The van der Waals surface area contributed by atoms with Gasteiger partial charge >= 0.3 is 5.97 Å². The lowest BCUT2D eigenvalue weighted by atomic mass is 10.1. The van der Waals surface area contributed by atoms with Gasteiger partial charge in [-0.25, -0.2) is 9.78 Å². The van der Waals surface area contributed by atoms with Gasteiger partial charge in [-0.15, -0.1) is 0 Å². The lowest BCUT2D eigenvalue weighted by Gasteiger charge is -2.13. The Morgan fingerprint density at radius 3 is 2.78 bits per heavy atom. The van der Waals surface area contributed by atoms with Gasteiger partial charge in [0.15, 0.2) is 0 Å². The molecule has 5 heteroatoms. The molecule has 1 rings (SSSR count). The van der Waals surface area contributed by atoms with Crippen LogP contribution in [0.3, 0.4) is 0 Å². The highest BCUT2D eigenvalue weighted by atomic mass is 16.5. The van der Waals surface area contributed by atoms with E-state index in [9.17, 15) is 4.79 Å². The molecule has 0 saturated carbocycles. The van der Waals surface area contributed by atoms with Gasteiger partial charge in [0.05, 0.1) is 24.9 Å². The molecule has 0 amide bonds. The van der Waals surface area contributed by atoms with E-state index in [-0.39, 0.29) is 0 Å². The number of ether oxygens (including phenoxy) is 2. The van der Waals surface area contributed by atoms with E-state index in [1.807, 2.05) is 14.1 Å². The van der Waals surface area contributed by atoms with E-state index in [2.05, 4.69) is 4.98 Å². The standard InChI is InChI=1S/C13H18N2O3/c1-5-18-13(16)11(9-15(2)3)10-7-6-8-14-12(10)17-4/h6-9H,5H2,1-4H3. The first-order chi connectivity index (χ1) is 8.60. The van der Waals surface area contributed by atoms with E-state index in [1.54, 1.807) is 36.4 Å². The number of carbonyl (C=O) groups excluding carboxylic acids is 1. The van der Waals surface area contributed by atoms with Crippen LogP contribution in [0.4, 0.5) is 0 Å². The molecule has 0 fully saturated rings. The maximum absolute atomic E-state index is 11.9. The van der Waals surface area contributed by atoms with Crippen molar-refractivity contribution in [2.24, 2.45) is 0 Å². The summed E-state index contributed by atoms with van der Waals surface area (Å²) in [5.74, 6) is 0.0103. The first kappa shape index (κ1) is 14.0. The summed E-state index contributed by atoms with van der Waals surface area (Å²) in [6.45, 7) is 2.10. The average Bonchev–Trinajstić information content (AvgIpc) is 2.36. The van der Waals surface area contributed by atoms with Crippen molar-refractivity contribution in [3.63, 3.8) is 0 Å². The third-order valence-electron chi connectivity index (χ3n) is 2.14. The molecular formula is C13H18N2O3. The summed E-state index contributed by atoms with van der Waals surface area (Å²) in [7, 11) is 5.19. The smallest absolute Gasteiger partial charge is 0.340 e. The van der Waals surface area contributed by atoms with E-state index in [0.717, 1.165) is 0 Å². The van der Waals surface area contributed by atoms with Crippen molar-refractivity contribution in [2.75, 3.05) is 27.8 Å². The van der Waals surface area contributed by atoms with Crippen molar-refractivity contribution in [1.82, 2.24) is 9.88 Å². The molecular weight excluding hydrogens is 232 g/mol. The van der Waals surface area contributed by atoms with Gasteiger partial charge in [-0.1, -0.05) is 0 Å². The van der Waals surface area contributed by atoms with Gasteiger partial charge in [0, 0.05) is 26.5 Å². The van der Waals surface area contributed by atoms with Gasteiger partial charge in [0.2, 0.25) is 5.88 Å². The Labute approximate surface area is 107 Å². The summed E-state index contributed by atoms with van der Waals surface area (Å²) in [6.07, 6.45) is 3.30. The van der Waals surface area contributed by atoms with Crippen molar-refractivity contribution in [2.45, 2.75) is 6.92 Å². The number of esters is 1. The van der Waals surface area contributed by atoms with Crippen LogP contribution in [0.1, 0.15) is 12.5 Å². The summed E-state index contributed by atoms with van der Waals surface area (Å²) < 4.78 is 10.2. The summed E-state index contributed by atoms with van der Waals surface area (Å²) in [5, 5.41) is 0. The van der Waals surface area contributed by atoms with E-state index in [4.69, 9.17) is 9.47 Å². The van der Waals surface area contributed by atoms with Crippen molar-refractivity contribution in [1.29, 1.82) is 0 Å². The molecule has 0 aliphatic rings. The van der Waals surface area contributed by atoms with Crippen LogP contribution in [0.15, 0.2) is 24.5 Å². The minimum absolute atomic E-state index is 0.326. The molecule has 1 heterocycles. The van der Waals surface area contributed by atoms with Crippen LogP contribution in [0.2, 0.25) is 0 Å². The molecule has 5 nitrogen and oxygen atoms in total. The number of aromatic nitrogens is 1. The highest BCUT2D eigenvalue weighted by Crippen LogP contribution is 2.24. The number of methoxy groups -OCH3 is 1. The van der Waals surface area contributed by atoms with Gasteiger partial charge in [0.1, 0.15) is 0 Å². The third-order valence-corrected chi connectivity index (χ3v) is 2.14. The second-order valence-electron chi connectivity index (χ2n) is 3.79. The van der Waals surface area contributed by atoms with Crippen LogP contribution >= 0.6 is 0 Å². The second kappa shape index (κ2) is 6.64. The van der Waals surface area contributed by atoms with Gasteiger partial charge < -0.3 is 14.4 Å². The van der Waals surface area contributed by atoms with E-state index in [0.29, 0.717) is 23.6 Å². The zero-order chi connectivity index (χ0) is 13.5. The molecule has 0 aliphatic heterocycles. The van der Waals surface area contributed by atoms with Gasteiger partial charge in [-0.2, -0.15) is 0 Å². The topological polar surface area (TPSA) is 51.7 Å². The van der Waals surface area contributed by atoms with Crippen LogP contribution in [0.5, 0.6) is 5.88 Å². The molecule has 0 spiro atoms. The van der Waals surface area contributed by atoms with E-state index >= 15 is 0 Å². The van der Waals surface area contributed by atoms with E-state index < -0.39 is 5.97 Å². The number of hydrogen-bond donors (Lipinski definition) is 0. The number of pyridine rings is 1. The predicted molar refractivity (Wildman–Crippen MR) is 69.1 cm³/mol. The highest BCUT2D eigenvalue weighted by molar-refractivity contribution is 6.17. The molecule has 98 valence electrons. The fraction of sp³-hybridized carbons (Fsp3) is 0.385. The van der Waals surface area contributed by atoms with Gasteiger partial charge in [0.25, 0.3) is 0 Å². The Hall–Kier alpha value is -2.04. The fourth-order valence-corrected chi connectivity index (χ4v) is 1.46. The Bertz CT molecular complexity index is 442. The molecule has 0 aliphatic carbocycles. The molecule has 18 heavy (non-hydrogen) atoms. The number of nitrogens with zero attached hydrogens (tertiary/aromatic N) is 2. The largest absolute Gasteiger partial charge is 0.481 e. The summed E-state index contributed by atoms with van der Waals surface area (Å²) >= 11 is 0. The highest BCUT2D eigenvalue weighted by Gasteiger charge is 2.18. The third kappa shape index (κ3) is 3.48. The minimum atomic E-state index is -0.391. The molecule has 1 aromatic rings. The zero-order valence-corrected chi connectivity index (χ0v) is 11.1. The Morgan fingerprint density at radius 2 is 2.22 bits per heavy atom. The van der Waals surface area contributed by atoms with Crippen molar-refractivity contribution in [3.05, 3.63) is 30.1 Å². The first-order valence-electron chi connectivity index (χ1n) is 5.64. The molecule has 0 radical (unpaired) electrons. The summed E-state index contributed by atoms with van der Waals surface area (Å²) in [5.41, 5.74) is 1.04. The Balaban J connectivity index is 3.22. The molecule has 0 atom stereocenters. The summed E-state index contributed by atoms with van der Waals surface area (Å²) in [6, 6.07) is 3.53. The van der Waals surface area contributed by atoms with Crippen LogP contribution in [0.25, 0.3) is 5.57 Å². The number of carbonyl (C=O) groups is 1. The quantitative estimate of drug-likeness (QED) is 0.586. The lowest BCUT2D eigenvalue weighted by molar-refractivity contribution is -0.136. The van der Waals surface area contributed by atoms with Crippen molar-refractivity contribution >= 4 is 11.5 Å². The monoisotopic (exact) mass is 250 g/mol. The molecule has 0 N–H and O–H groups in total. The Kier molecular flexibility index (Phi) is 5.17. The minimum Gasteiger partial charge on any atom is -0.481 e.